The Morgan fingerprint density at radius 3 is 2.47 bits per heavy atom. The van der Waals surface area contributed by atoms with Gasteiger partial charge in [-0.1, -0.05) is 54.9 Å². The molecule has 2 aromatic rings. The van der Waals surface area contributed by atoms with Gasteiger partial charge in [0.15, 0.2) is 0 Å². The van der Waals surface area contributed by atoms with Gasteiger partial charge in [0.1, 0.15) is 5.82 Å². The van der Waals surface area contributed by atoms with Crippen LogP contribution in [-0.4, -0.2) is 6.54 Å². The van der Waals surface area contributed by atoms with Gasteiger partial charge in [-0.3, -0.25) is 0 Å². The Kier molecular flexibility index (Phi) is 4.56. The van der Waals surface area contributed by atoms with Crippen LogP contribution in [0, 0.1) is 12.7 Å². The van der Waals surface area contributed by atoms with Crippen molar-refractivity contribution in [3.05, 3.63) is 70.0 Å². The van der Waals surface area contributed by atoms with E-state index in [9.17, 15) is 4.39 Å². The maximum atomic E-state index is 13.6. The molecule has 0 aliphatic carbocycles. The zero-order valence-electron chi connectivity index (χ0n) is 11.1. The van der Waals surface area contributed by atoms with Crippen LogP contribution in [0.4, 0.5) is 4.39 Å². The third-order valence-electron chi connectivity index (χ3n) is 3.20. The SMILES string of the molecule is CCNC(c1ccccc1C)c1cccc(F)c1Cl. The van der Waals surface area contributed by atoms with Gasteiger partial charge in [0.05, 0.1) is 11.1 Å². The van der Waals surface area contributed by atoms with E-state index in [4.69, 9.17) is 11.6 Å². The van der Waals surface area contributed by atoms with E-state index in [2.05, 4.69) is 5.32 Å². The second-order valence-electron chi connectivity index (χ2n) is 4.49. The molecule has 0 amide bonds. The number of benzene rings is 2. The summed E-state index contributed by atoms with van der Waals surface area (Å²) in [6, 6.07) is 12.9. The summed E-state index contributed by atoms with van der Waals surface area (Å²) in [5.41, 5.74) is 3.06. The predicted octanol–water partition coefficient (Wildman–Crippen LogP) is 4.49. The highest BCUT2D eigenvalue weighted by molar-refractivity contribution is 6.31. The van der Waals surface area contributed by atoms with Gasteiger partial charge in [-0.05, 0) is 36.2 Å². The Bertz CT molecular complexity index is 568. The number of hydrogen-bond acceptors (Lipinski definition) is 1. The highest BCUT2D eigenvalue weighted by atomic mass is 35.5. The standard InChI is InChI=1S/C16H17ClFN/c1-3-19-16(12-8-5-4-7-11(12)2)13-9-6-10-14(18)15(13)17/h4-10,16,19H,3H2,1-2H3. The van der Waals surface area contributed by atoms with Gasteiger partial charge in [0.25, 0.3) is 0 Å². The minimum Gasteiger partial charge on any atom is -0.306 e. The van der Waals surface area contributed by atoms with Crippen molar-refractivity contribution in [2.24, 2.45) is 0 Å². The first kappa shape index (κ1) is 14.0. The lowest BCUT2D eigenvalue weighted by Crippen LogP contribution is -2.23. The fraction of sp³-hybridized carbons (Fsp3) is 0.250. The smallest absolute Gasteiger partial charge is 0.142 e. The number of halogens is 2. The van der Waals surface area contributed by atoms with Crippen molar-refractivity contribution in [1.29, 1.82) is 0 Å². The van der Waals surface area contributed by atoms with Crippen molar-refractivity contribution < 1.29 is 4.39 Å². The minimum atomic E-state index is -0.379. The molecule has 0 saturated carbocycles. The van der Waals surface area contributed by atoms with E-state index in [1.165, 1.54) is 6.07 Å². The van der Waals surface area contributed by atoms with Gasteiger partial charge < -0.3 is 5.32 Å². The highest BCUT2D eigenvalue weighted by Gasteiger charge is 2.19. The van der Waals surface area contributed by atoms with Gasteiger partial charge in [0.2, 0.25) is 0 Å². The third-order valence-corrected chi connectivity index (χ3v) is 3.60. The first-order valence-electron chi connectivity index (χ1n) is 6.38. The Hall–Kier alpha value is -1.38. The quantitative estimate of drug-likeness (QED) is 0.868. The van der Waals surface area contributed by atoms with Crippen LogP contribution in [0.25, 0.3) is 0 Å². The molecule has 3 heteroatoms. The molecule has 1 unspecified atom stereocenters. The average Bonchev–Trinajstić information content (AvgIpc) is 2.41. The fourth-order valence-corrected chi connectivity index (χ4v) is 2.48. The van der Waals surface area contributed by atoms with Crippen LogP contribution < -0.4 is 5.32 Å². The lowest BCUT2D eigenvalue weighted by atomic mass is 9.95. The summed E-state index contributed by atoms with van der Waals surface area (Å²) >= 11 is 6.11. The third kappa shape index (κ3) is 2.96. The Labute approximate surface area is 118 Å². The maximum Gasteiger partial charge on any atom is 0.142 e. The zero-order chi connectivity index (χ0) is 13.8. The summed E-state index contributed by atoms with van der Waals surface area (Å²) < 4.78 is 13.6. The Morgan fingerprint density at radius 2 is 1.79 bits per heavy atom. The Morgan fingerprint density at radius 1 is 1.11 bits per heavy atom. The van der Waals surface area contributed by atoms with E-state index in [1.54, 1.807) is 6.07 Å². The van der Waals surface area contributed by atoms with Crippen molar-refractivity contribution in [2.45, 2.75) is 19.9 Å². The van der Waals surface area contributed by atoms with Gasteiger partial charge in [0, 0.05) is 0 Å². The monoisotopic (exact) mass is 277 g/mol. The average molecular weight is 278 g/mol. The van der Waals surface area contributed by atoms with Gasteiger partial charge in [-0.2, -0.15) is 0 Å². The summed E-state index contributed by atoms with van der Waals surface area (Å²) in [5.74, 6) is -0.379. The highest BCUT2D eigenvalue weighted by Crippen LogP contribution is 2.31. The van der Waals surface area contributed by atoms with E-state index < -0.39 is 0 Å². The molecule has 1 N–H and O–H groups in total. The molecule has 0 saturated heterocycles. The van der Waals surface area contributed by atoms with Crippen LogP contribution in [0.2, 0.25) is 5.02 Å². The van der Waals surface area contributed by atoms with Crippen molar-refractivity contribution in [3.63, 3.8) is 0 Å². The second-order valence-corrected chi connectivity index (χ2v) is 4.87. The summed E-state index contributed by atoms with van der Waals surface area (Å²) in [7, 11) is 0. The van der Waals surface area contributed by atoms with E-state index in [0.717, 1.165) is 23.2 Å². The molecule has 0 bridgehead atoms. The zero-order valence-corrected chi connectivity index (χ0v) is 11.8. The summed E-state index contributed by atoms with van der Waals surface area (Å²) in [6.07, 6.45) is 0. The lowest BCUT2D eigenvalue weighted by Gasteiger charge is -2.22. The molecule has 0 spiro atoms. The van der Waals surface area contributed by atoms with E-state index in [-0.39, 0.29) is 16.9 Å². The summed E-state index contributed by atoms with van der Waals surface area (Å²) in [6.45, 7) is 4.86. The van der Waals surface area contributed by atoms with E-state index in [1.807, 2.05) is 44.2 Å². The number of aryl methyl sites for hydroxylation is 1. The molecule has 0 aromatic heterocycles. The molecule has 0 radical (unpaired) electrons. The van der Waals surface area contributed by atoms with Gasteiger partial charge in [-0.15, -0.1) is 0 Å². The van der Waals surface area contributed by atoms with Crippen LogP contribution in [0.15, 0.2) is 42.5 Å². The molecular formula is C16H17ClFN. The molecule has 0 fully saturated rings. The first-order chi connectivity index (χ1) is 9.15. The van der Waals surface area contributed by atoms with Crippen LogP contribution >= 0.6 is 11.6 Å². The minimum absolute atomic E-state index is 0.0885. The Balaban J connectivity index is 2.52. The second kappa shape index (κ2) is 6.18. The normalized spacial score (nSPS) is 12.4. The number of rotatable bonds is 4. The predicted molar refractivity (Wildman–Crippen MR) is 78.1 cm³/mol. The van der Waals surface area contributed by atoms with Gasteiger partial charge >= 0.3 is 0 Å². The van der Waals surface area contributed by atoms with Crippen LogP contribution in [0.3, 0.4) is 0 Å². The summed E-state index contributed by atoms with van der Waals surface area (Å²) in [4.78, 5) is 0. The van der Waals surface area contributed by atoms with Crippen LogP contribution in [0.5, 0.6) is 0 Å². The molecule has 0 aliphatic heterocycles. The largest absolute Gasteiger partial charge is 0.306 e. The number of nitrogens with one attached hydrogen (secondary N) is 1. The summed E-state index contributed by atoms with van der Waals surface area (Å²) in [5, 5.41) is 3.56. The molecule has 0 heterocycles. The maximum absolute atomic E-state index is 13.6. The first-order valence-corrected chi connectivity index (χ1v) is 6.75. The van der Waals surface area contributed by atoms with Crippen molar-refractivity contribution in [2.75, 3.05) is 6.54 Å². The number of hydrogen-bond donors (Lipinski definition) is 1. The molecular weight excluding hydrogens is 261 g/mol. The van der Waals surface area contributed by atoms with Crippen LogP contribution in [0.1, 0.15) is 29.7 Å². The van der Waals surface area contributed by atoms with Crippen molar-refractivity contribution >= 4 is 11.6 Å². The van der Waals surface area contributed by atoms with Crippen LogP contribution in [-0.2, 0) is 0 Å². The molecule has 2 rings (SSSR count). The van der Waals surface area contributed by atoms with Gasteiger partial charge in [-0.25, -0.2) is 4.39 Å². The molecule has 100 valence electrons. The molecule has 2 aromatic carbocycles. The van der Waals surface area contributed by atoms with Crippen molar-refractivity contribution in [3.8, 4) is 0 Å². The van der Waals surface area contributed by atoms with E-state index >= 15 is 0 Å². The topological polar surface area (TPSA) is 12.0 Å². The van der Waals surface area contributed by atoms with Crippen molar-refractivity contribution in [1.82, 2.24) is 5.32 Å². The molecule has 1 atom stereocenters. The molecule has 19 heavy (non-hydrogen) atoms. The molecule has 0 aliphatic rings. The van der Waals surface area contributed by atoms with E-state index in [0.29, 0.717) is 0 Å². The molecule has 1 nitrogen and oxygen atoms in total. The fourth-order valence-electron chi connectivity index (χ4n) is 2.25. The lowest BCUT2D eigenvalue weighted by molar-refractivity contribution is 0.602.